The number of aromatic hydroxyl groups is 1. The number of phenolic OH excluding ortho intramolecular Hbond substituents is 1. The van der Waals surface area contributed by atoms with Gasteiger partial charge >= 0.3 is 0 Å². The second kappa shape index (κ2) is 6.10. The summed E-state index contributed by atoms with van der Waals surface area (Å²) in [5.41, 5.74) is 3.79. The fraction of sp³-hybridized carbons (Fsp3) is 0. The van der Waals surface area contributed by atoms with Gasteiger partial charge in [0.05, 0.1) is 6.21 Å². The average Bonchev–Trinajstić information content (AvgIpc) is 2.54. The van der Waals surface area contributed by atoms with Crippen LogP contribution in [0.3, 0.4) is 0 Å². The molecule has 0 aliphatic heterocycles. The Morgan fingerprint density at radius 1 is 1.00 bits per heavy atom. The van der Waals surface area contributed by atoms with Gasteiger partial charge in [-0.15, -0.1) is 0 Å². The lowest BCUT2D eigenvalue weighted by Gasteiger charge is -2.04. The standard InChI is InChI=1S/C18H14N2O2/c21-15-8-3-5-13(11-15)12-19-20-18(22)17-10-4-7-14-6-1-2-9-16(14)17/h1-12,21H,(H,20,22). The van der Waals surface area contributed by atoms with E-state index in [1.807, 2.05) is 36.4 Å². The van der Waals surface area contributed by atoms with Crippen molar-refractivity contribution in [3.05, 3.63) is 77.9 Å². The minimum atomic E-state index is -0.270. The van der Waals surface area contributed by atoms with Crippen LogP contribution in [0.1, 0.15) is 15.9 Å². The molecule has 2 N–H and O–H groups in total. The van der Waals surface area contributed by atoms with Gasteiger partial charge in [0.2, 0.25) is 0 Å². The first-order valence-corrected chi connectivity index (χ1v) is 6.84. The van der Waals surface area contributed by atoms with E-state index in [0.29, 0.717) is 11.1 Å². The number of amides is 1. The first kappa shape index (κ1) is 13.8. The Labute approximate surface area is 127 Å². The third-order valence-corrected chi connectivity index (χ3v) is 3.28. The van der Waals surface area contributed by atoms with E-state index < -0.39 is 0 Å². The maximum Gasteiger partial charge on any atom is 0.271 e. The van der Waals surface area contributed by atoms with Crippen molar-refractivity contribution in [3.63, 3.8) is 0 Å². The van der Waals surface area contributed by atoms with Gasteiger partial charge in [-0.05, 0) is 34.5 Å². The van der Waals surface area contributed by atoms with E-state index in [-0.39, 0.29) is 11.7 Å². The van der Waals surface area contributed by atoms with Gasteiger partial charge < -0.3 is 5.11 Å². The fourth-order valence-electron chi connectivity index (χ4n) is 2.25. The van der Waals surface area contributed by atoms with E-state index in [0.717, 1.165) is 10.8 Å². The molecule has 3 rings (SSSR count). The molecule has 4 heteroatoms. The number of hydrogen-bond donors (Lipinski definition) is 2. The second-order valence-electron chi connectivity index (χ2n) is 4.82. The van der Waals surface area contributed by atoms with Crippen LogP contribution in [0, 0.1) is 0 Å². The van der Waals surface area contributed by atoms with Gasteiger partial charge in [0.15, 0.2) is 0 Å². The first-order chi connectivity index (χ1) is 10.7. The summed E-state index contributed by atoms with van der Waals surface area (Å²) in [5, 5.41) is 15.2. The number of benzene rings is 3. The molecular formula is C18H14N2O2. The van der Waals surface area contributed by atoms with Crippen molar-refractivity contribution in [3.8, 4) is 5.75 Å². The van der Waals surface area contributed by atoms with Crippen LogP contribution >= 0.6 is 0 Å². The summed E-state index contributed by atoms with van der Waals surface area (Å²) in [7, 11) is 0. The highest BCUT2D eigenvalue weighted by Crippen LogP contribution is 2.18. The lowest BCUT2D eigenvalue weighted by atomic mass is 10.0. The second-order valence-corrected chi connectivity index (χ2v) is 4.82. The number of nitrogens with zero attached hydrogens (tertiary/aromatic N) is 1. The van der Waals surface area contributed by atoms with Crippen LogP contribution < -0.4 is 5.43 Å². The molecule has 0 fully saturated rings. The highest BCUT2D eigenvalue weighted by atomic mass is 16.3. The monoisotopic (exact) mass is 290 g/mol. The summed E-state index contributed by atoms with van der Waals surface area (Å²) in [6.45, 7) is 0. The van der Waals surface area contributed by atoms with Gasteiger partial charge in [0.1, 0.15) is 5.75 Å². The van der Waals surface area contributed by atoms with Crippen LogP contribution in [0.2, 0.25) is 0 Å². The van der Waals surface area contributed by atoms with Crippen LogP contribution in [-0.2, 0) is 0 Å². The van der Waals surface area contributed by atoms with Crippen molar-refractivity contribution in [2.75, 3.05) is 0 Å². The summed E-state index contributed by atoms with van der Waals surface area (Å²) < 4.78 is 0. The van der Waals surface area contributed by atoms with Gasteiger partial charge in [-0.25, -0.2) is 5.43 Å². The van der Waals surface area contributed by atoms with Crippen molar-refractivity contribution in [2.24, 2.45) is 5.10 Å². The maximum absolute atomic E-state index is 12.2. The van der Waals surface area contributed by atoms with E-state index >= 15 is 0 Å². The number of rotatable bonds is 3. The van der Waals surface area contributed by atoms with Crippen LogP contribution in [-0.4, -0.2) is 17.2 Å². The normalized spacial score (nSPS) is 10.9. The van der Waals surface area contributed by atoms with E-state index in [1.54, 1.807) is 30.3 Å². The van der Waals surface area contributed by atoms with Gasteiger partial charge in [-0.2, -0.15) is 5.10 Å². The Morgan fingerprint density at radius 2 is 1.77 bits per heavy atom. The largest absolute Gasteiger partial charge is 0.508 e. The number of nitrogens with one attached hydrogen (secondary N) is 1. The number of fused-ring (bicyclic) bond motifs is 1. The van der Waals surface area contributed by atoms with Crippen molar-refractivity contribution >= 4 is 22.9 Å². The topological polar surface area (TPSA) is 61.7 Å². The van der Waals surface area contributed by atoms with Crippen LogP contribution in [0.15, 0.2) is 71.8 Å². The van der Waals surface area contributed by atoms with Gasteiger partial charge in [0, 0.05) is 5.56 Å². The molecule has 1 amide bonds. The molecule has 0 radical (unpaired) electrons. The molecule has 0 aliphatic rings. The fourth-order valence-corrected chi connectivity index (χ4v) is 2.25. The van der Waals surface area contributed by atoms with Crippen molar-refractivity contribution < 1.29 is 9.90 Å². The molecule has 4 nitrogen and oxygen atoms in total. The molecule has 0 unspecified atom stereocenters. The van der Waals surface area contributed by atoms with E-state index in [2.05, 4.69) is 10.5 Å². The van der Waals surface area contributed by atoms with Crippen LogP contribution in [0.5, 0.6) is 5.75 Å². The zero-order valence-electron chi connectivity index (χ0n) is 11.7. The Bertz CT molecular complexity index is 851. The number of carbonyl (C=O) groups is 1. The summed E-state index contributed by atoms with van der Waals surface area (Å²) in [5.74, 6) is -0.113. The Morgan fingerprint density at radius 3 is 2.64 bits per heavy atom. The van der Waals surface area contributed by atoms with E-state index in [4.69, 9.17) is 0 Å². The highest BCUT2D eigenvalue weighted by Gasteiger charge is 2.08. The quantitative estimate of drug-likeness (QED) is 0.574. The number of carbonyl (C=O) groups excluding carboxylic acids is 1. The van der Waals surface area contributed by atoms with Gasteiger partial charge in [-0.1, -0.05) is 48.5 Å². The predicted octanol–water partition coefficient (Wildman–Crippen LogP) is 3.31. The smallest absolute Gasteiger partial charge is 0.271 e. The lowest BCUT2D eigenvalue weighted by Crippen LogP contribution is -2.17. The maximum atomic E-state index is 12.2. The Balaban J connectivity index is 1.79. The number of hydrogen-bond acceptors (Lipinski definition) is 3. The van der Waals surface area contributed by atoms with Crippen molar-refractivity contribution in [1.82, 2.24) is 5.43 Å². The molecule has 0 aromatic heterocycles. The summed E-state index contributed by atoms with van der Waals surface area (Å²) in [6, 6.07) is 19.9. The zero-order chi connectivity index (χ0) is 15.4. The summed E-state index contributed by atoms with van der Waals surface area (Å²) in [6.07, 6.45) is 1.49. The molecule has 0 heterocycles. The van der Waals surface area contributed by atoms with Gasteiger partial charge in [0.25, 0.3) is 5.91 Å². The Kier molecular flexibility index (Phi) is 3.83. The summed E-state index contributed by atoms with van der Waals surface area (Å²) >= 11 is 0. The SMILES string of the molecule is O=C(NN=Cc1cccc(O)c1)c1cccc2ccccc12. The Hall–Kier alpha value is -3.14. The molecule has 22 heavy (non-hydrogen) atoms. The molecule has 0 spiro atoms. The third-order valence-electron chi connectivity index (χ3n) is 3.28. The molecule has 0 aliphatic carbocycles. The number of phenols is 1. The third kappa shape index (κ3) is 2.96. The molecular weight excluding hydrogens is 276 g/mol. The van der Waals surface area contributed by atoms with Crippen LogP contribution in [0.4, 0.5) is 0 Å². The van der Waals surface area contributed by atoms with Crippen molar-refractivity contribution in [2.45, 2.75) is 0 Å². The minimum absolute atomic E-state index is 0.157. The van der Waals surface area contributed by atoms with Crippen LogP contribution in [0.25, 0.3) is 10.8 Å². The minimum Gasteiger partial charge on any atom is -0.508 e. The van der Waals surface area contributed by atoms with E-state index in [1.165, 1.54) is 6.21 Å². The molecule has 0 saturated heterocycles. The molecule has 0 bridgehead atoms. The molecule has 0 saturated carbocycles. The van der Waals surface area contributed by atoms with Gasteiger partial charge in [-0.3, -0.25) is 4.79 Å². The predicted molar refractivity (Wildman–Crippen MR) is 87.1 cm³/mol. The molecule has 3 aromatic rings. The first-order valence-electron chi connectivity index (χ1n) is 6.84. The molecule has 108 valence electrons. The molecule has 3 aromatic carbocycles. The van der Waals surface area contributed by atoms with E-state index in [9.17, 15) is 9.90 Å². The highest BCUT2D eigenvalue weighted by molar-refractivity contribution is 6.07. The number of hydrazone groups is 1. The molecule has 0 atom stereocenters. The zero-order valence-corrected chi connectivity index (χ0v) is 11.7. The average molecular weight is 290 g/mol. The lowest BCUT2D eigenvalue weighted by molar-refractivity contribution is 0.0957. The van der Waals surface area contributed by atoms with Crippen molar-refractivity contribution in [1.29, 1.82) is 0 Å². The summed E-state index contributed by atoms with van der Waals surface area (Å²) in [4.78, 5) is 12.2.